The quantitative estimate of drug-likeness (QED) is 0.820. The zero-order valence-electron chi connectivity index (χ0n) is 12.9. The third-order valence-electron chi connectivity index (χ3n) is 4.41. The fourth-order valence-electron chi connectivity index (χ4n) is 3.03. The van der Waals surface area contributed by atoms with E-state index in [0.717, 1.165) is 12.1 Å². The molecule has 0 heterocycles. The SMILES string of the molecule is CN(C)C1(CNC(=O)Cc2cccc(N)c2)CCCC1.Cl. The molecule has 1 amide bonds. The number of amides is 1. The molecule has 1 aliphatic carbocycles. The number of nitrogens with two attached hydrogens (primary N) is 1. The first-order valence-corrected chi connectivity index (χ1v) is 7.30. The maximum atomic E-state index is 12.1. The first-order chi connectivity index (χ1) is 9.52. The number of hydrogen-bond acceptors (Lipinski definition) is 3. The Kier molecular flexibility index (Phi) is 6.49. The van der Waals surface area contributed by atoms with Gasteiger partial charge in [0.05, 0.1) is 6.42 Å². The number of carbonyl (C=O) groups excluding carboxylic acids is 1. The molecule has 21 heavy (non-hydrogen) atoms. The van der Waals surface area contributed by atoms with E-state index in [1.54, 1.807) is 0 Å². The van der Waals surface area contributed by atoms with Gasteiger partial charge in [-0.25, -0.2) is 0 Å². The first-order valence-electron chi connectivity index (χ1n) is 7.30. The summed E-state index contributed by atoms with van der Waals surface area (Å²) in [6.45, 7) is 0.737. The second kappa shape index (κ2) is 7.66. The van der Waals surface area contributed by atoms with E-state index in [1.807, 2.05) is 24.3 Å². The lowest BCUT2D eigenvalue weighted by Gasteiger charge is -2.36. The van der Waals surface area contributed by atoms with Crippen LogP contribution in [0.15, 0.2) is 24.3 Å². The molecule has 0 saturated heterocycles. The van der Waals surface area contributed by atoms with Gasteiger partial charge in [-0.1, -0.05) is 25.0 Å². The summed E-state index contributed by atoms with van der Waals surface area (Å²) in [5, 5.41) is 3.09. The highest BCUT2D eigenvalue weighted by atomic mass is 35.5. The van der Waals surface area contributed by atoms with Crippen molar-refractivity contribution in [3.8, 4) is 0 Å². The van der Waals surface area contributed by atoms with Crippen molar-refractivity contribution in [1.29, 1.82) is 0 Å². The van der Waals surface area contributed by atoms with E-state index in [0.29, 0.717) is 12.1 Å². The fraction of sp³-hybridized carbons (Fsp3) is 0.562. The Hall–Kier alpha value is -1.26. The largest absolute Gasteiger partial charge is 0.399 e. The van der Waals surface area contributed by atoms with Crippen molar-refractivity contribution >= 4 is 24.0 Å². The molecule has 0 atom stereocenters. The Morgan fingerprint density at radius 2 is 2.00 bits per heavy atom. The average Bonchev–Trinajstić information content (AvgIpc) is 2.86. The number of rotatable bonds is 5. The molecule has 0 radical (unpaired) electrons. The van der Waals surface area contributed by atoms with Gasteiger partial charge in [-0.05, 0) is 44.6 Å². The Morgan fingerprint density at radius 3 is 2.57 bits per heavy atom. The maximum absolute atomic E-state index is 12.1. The Morgan fingerprint density at radius 1 is 1.33 bits per heavy atom. The van der Waals surface area contributed by atoms with E-state index < -0.39 is 0 Å². The lowest BCUT2D eigenvalue weighted by molar-refractivity contribution is -0.121. The van der Waals surface area contributed by atoms with Crippen LogP contribution in [0.4, 0.5) is 5.69 Å². The molecule has 0 bridgehead atoms. The van der Waals surface area contributed by atoms with Crippen LogP contribution in [0.2, 0.25) is 0 Å². The van der Waals surface area contributed by atoms with Gasteiger partial charge >= 0.3 is 0 Å². The van der Waals surface area contributed by atoms with Crippen LogP contribution in [0.5, 0.6) is 0 Å². The monoisotopic (exact) mass is 311 g/mol. The summed E-state index contributed by atoms with van der Waals surface area (Å²) < 4.78 is 0. The van der Waals surface area contributed by atoms with Gasteiger partial charge in [0.2, 0.25) is 5.91 Å². The van der Waals surface area contributed by atoms with Gasteiger partial charge in [-0.2, -0.15) is 0 Å². The summed E-state index contributed by atoms with van der Waals surface area (Å²) >= 11 is 0. The fourth-order valence-corrected chi connectivity index (χ4v) is 3.03. The van der Waals surface area contributed by atoms with E-state index in [4.69, 9.17) is 5.73 Å². The molecule has 1 aliphatic rings. The molecular weight excluding hydrogens is 286 g/mol. The molecule has 1 saturated carbocycles. The Balaban J connectivity index is 0.00000220. The van der Waals surface area contributed by atoms with Crippen molar-refractivity contribution in [2.75, 3.05) is 26.4 Å². The zero-order chi connectivity index (χ0) is 14.6. The molecule has 0 unspecified atom stereocenters. The van der Waals surface area contributed by atoms with Crippen molar-refractivity contribution < 1.29 is 4.79 Å². The van der Waals surface area contributed by atoms with E-state index in [9.17, 15) is 4.79 Å². The number of carbonyl (C=O) groups is 1. The number of halogens is 1. The molecule has 118 valence electrons. The number of anilines is 1. The average molecular weight is 312 g/mol. The van der Waals surface area contributed by atoms with Crippen molar-refractivity contribution in [3.05, 3.63) is 29.8 Å². The molecule has 0 spiro atoms. The highest BCUT2D eigenvalue weighted by Crippen LogP contribution is 2.33. The van der Waals surface area contributed by atoms with Gasteiger partial charge in [0.15, 0.2) is 0 Å². The predicted molar refractivity (Wildman–Crippen MR) is 89.7 cm³/mol. The standard InChI is InChI=1S/C16H25N3O.ClH/c1-19(2)16(8-3-4-9-16)12-18-15(20)11-13-6-5-7-14(17)10-13;/h5-7,10H,3-4,8-9,11-12,17H2,1-2H3,(H,18,20);1H. The number of benzene rings is 1. The number of likely N-dealkylation sites (N-methyl/N-ethyl adjacent to an activating group) is 1. The van der Waals surface area contributed by atoms with Crippen LogP contribution < -0.4 is 11.1 Å². The minimum Gasteiger partial charge on any atom is -0.399 e. The van der Waals surface area contributed by atoms with E-state index in [1.165, 1.54) is 25.7 Å². The first kappa shape index (κ1) is 17.8. The maximum Gasteiger partial charge on any atom is 0.224 e. The molecule has 4 nitrogen and oxygen atoms in total. The highest BCUT2D eigenvalue weighted by molar-refractivity contribution is 5.85. The molecule has 1 aromatic carbocycles. The van der Waals surface area contributed by atoms with Gasteiger partial charge in [0.1, 0.15) is 0 Å². The molecule has 0 aliphatic heterocycles. The number of nitrogens with zero attached hydrogens (tertiary/aromatic N) is 1. The van der Waals surface area contributed by atoms with Crippen LogP contribution in [-0.2, 0) is 11.2 Å². The van der Waals surface area contributed by atoms with Crippen LogP contribution in [-0.4, -0.2) is 37.0 Å². The van der Waals surface area contributed by atoms with Gasteiger partial charge in [-0.15, -0.1) is 12.4 Å². The lowest BCUT2D eigenvalue weighted by atomic mass is 9.96. The molecule has 1 aromatic rings. The number of nitrogens with one attached hydrogen (secondary N) is 1. The minimum absolute atomic E-state index is 0. The summed E-state index contributed by atoms with van der Waals surface area (Å²) in [5.74, 6) is 0.0729. The summed E-state index contributed by atoms with van der Waals surface area (Å²) in [5.41, 5.74) is 7.54. The van der Waals surface area contributed by atoms with Crippen LogP contribution in [0.3, 0.4) is 0 Å². The second-order valence-electron chi connectivity index (χ2n) is 6.02. The molecule has 1 fully saturated rings. The predicted octanol–water partition coefficient (Wildman–Crippen LogP) is 2.22. The Bertz CT molecular complexity index is 470. The molecule has 0 aromatic heterocycles. The van der Waals surface area contributed by atoms with Gasteiger partial charge in [0, 0.05) is 17.8 Å². The topological polar surface area (TPSA) is 58.4 Å². The van der Waals surface area contributed by atoms with E-state index in [-0.39, 0.29) is 23.9 Å². The normalized spacial score (nSPS) is 16.5. The van der Waals surface area contributed by atoms with Crippen LogP contribution in [0.25, 0.3) is 0 Å². The number of hydrogen-bond donors (Lipinski definition) is 2. The Labute approximate surface area is 133 Å². The van der Waals surface area contributed by atoms with Crippen LogP contribution in [0, 0.1) is 0 Å². The minimum atomic E-state index is 0. The molecule has 2 rings (SSSR count). The van der Waals surface area contributed by atoms with Crippen molar-refractivity contribution in [2.45, 2.75) is 37.6 Å². The third-order valence-corrected chi connectivity index (χ3v) is 4.41. The smallest absolute Gasteiger partial charge is 0.224 e. The summed E-state index contributed by atoms with van der Waals surface area (Å²) in [6.07, 6.45) is 5.23. The molecule has 3 N–H and O–H groups in total. The van der Waals surface area contributed by atoms with E-state index in [2.05, 4.69) is 24.3 Å². The lowest BCUT2D eigenvalue weighted by Crippen LogP contribution is -2.51. The second-order valence-corrected chi connectivity index (χ2v) is 6.02. The van der Waals surface area contributed by atoms with Crippen molar-refractivity contribution in [3.63, 3.8) is 0 Å². The van der Waals surface area contributed by atoms with Gasteiger partial charge < -0.3 is 16.0 Å². The summed E-state index contributed by atoms with van der Waals surface area (Å²) in [7, 11) is 4.21. The van der Waals surface area contributed by atoms with Gasteiger partial charge in [0.25, 0.3) is 0 Å². The third kappa shape index (κ3) is 4.61. The molecular formula is C16H26ClN3O. The van der Waals surface area contributed by atoms with Crippen molar-refractivity contribution in [2.24, 2.45) is 0 Å². The van der Waals surface area contributed by atoms with Crippen LogP contribution >= 0.6 is 12.4 Å². The van der Waals surface area contributed by atoms with Crippen molar-refractivity contribution in [1.82, 2.24) is 10.2 Å². The summed E-state index contributed by atoms with van der Waals surface area (Å²) in [4.78, 5) is 14.3. The van der Waals surface area contributed by atoms with Crippen LogP contribution in [0.1, 0.15) is 31.2 Å². The van der Waals surface area contributed by atoms with Gasteiger partial charge in [-0.3, -0.25) is 4.79 Å². The number of nitrogen functional groups attached to an aromatic ring is 1. The summed E-state index contributed by atoms with van der Waals surface area (Å²) in [6, 6.07) is 7.52. The highest BCUT2D eigenvalue weighted by Gasteiger charge is 2.35. The molecule has 5 heteroatoms. The zero-order valence-corrected chi connectivity index (χ0v) is 13.7. The van der Waals surface area contributed by atoms with E-state index >= 15 is 0 Å².